The molecule has 19 heavy (non-hydrogen) atoms. The Balaban J connectivity index is 1.64. The molecule has 1 saturated heterocycles. The van der Waals surface area contributed by atoms with E-state index < -0.39 is 5.97 Å². The third-order valence-corrected chi connectivity index (χ3v) is 3.49. The molecule has 2 unspecified atom stereocenters. The van der Waals surface area contributed by atoms with Crippen molar-refractivity contribution in [2.45, 2.75) is 44.2 Å². The number of aliphatic carboxylic acids is 1. The molecule has 0 radical (unpaired) electrons. The van der Waals surface area contributed by atoms with E-state index in [1.807, 2.05) is 30.3 Å². The van der Waals surface area contributed by atoms with Crippen LogP contribution in [0.15, 0.2) is 30.3 Å². The van der Waals surface area contributed by atoms with Crippen LogP contribution in [0.1, 0.15) is 32.1 Å². The van der Waals surface area contributed by atoms with Gasteiger partial charge in [-0.25, -0.2) is 0 Å². The van der Waals surface area contributed by atoms with Crippen LogP contribution >= 0.6 is 0 Å². The zero-order chi connectivity index (χ0) is 13.5. The van der Waals surface area contributed by atoms with Crippen molar-refractivity contribution in [3.05, 3.63) is 30.3 Å². The van der Waals surface area contributed by atoms with Gasteiger partial charge in [-0.2, -0.15) is 0 Å². The third kappa shape index (κ3) is 4.56. The molecule has 0 aliphatic carbocycles. The number of hydrogen-bond acceptors (Lipinski definition) is 3. The predicted octanol–water partition coefficient (Wildman–Crippen LogP) is 2.44. The van der Waals surface area contributed by atoms with Crippen molar-refractivity contribution < 1.29 is 14.6 Å². The van der Waals surface area contributed by atoms with Crippen molar-refractivity contribution in [1.29, 1.82) is 0 Å². The molecular weight excluding hydrogens is 242 g/mol. The molecule has 2 atom stereocenters. The molecule has 0 amide bonds. The summed E-state index contributed by atoms with van der Waals surface area (Å²) in [5.74, 6) is 0.160. The van der Waals surface area contributed by atoms with Gasteiger partial charge in [0.15, 0.2) is 0 Å². The smallest absolute Gasteiger partial charge is 0.320 e. The van der Waals surface area contributed by atoms with Crippen molar-refractivity contribution in [2.24, 2.45) is 0 Å². The SMILES string of the molecule is O=C(O)C1CCCC(CCCOc2ccccc2)N1. The highest BCUT2D eigenvalue weighted by atomic mass is 16.5. The fraction of sp³-hybridized carbons (Fsp3) is 0.533. The normalized spacial score (nSPS) is 22.9. The molecule has 1 aromatic rings. The van der Waals surface area contributed by atoms with E-state index in [2.05, 4.69) is 5.32 Å². The Morgan fingerprint density at radius 3 is 2.84 bits per heavy atom. The zero-order valence-electron chi connectivity index (χ0n) is 11.0. The highest BCUT2D eigenvalue weighted by Gasteiger charge is 2.25. The molecule has 1 heterocycles. The Morgan fingerprint density at radius 1 is 1.32 bits per heavy atom. The number of piperidine rings is 1. The molecular formula is C15H21NO3. The number of carboxylic acids is 1. The van der Waals surface area contributed by atoms with Gasteiger partial charge in [0.2, 0.25) is 0 Å². The maximum Gasteiger partial charge on any atom is 0.320 e. The largest absolute Gasteiger partial charge is 0.494 e. The summed E-state index contributed by atoms with van der Waals surface area (Å²) in [5, 5.41) is 12.2. The van der Waals surface area contributed by atoms with Gasteiger partial charge >= 0.3 is 5.97 Å². The molecule has 1 fully saturated rings. The van der Waals surface area contributed by atoms with Crippen molar-refractivity contribution in [3.63, 3.8) is 0 Å². The van der Waals surface area contributed by atoms with Gasteiger partial charge < -0.3 is 15.2 Å². The van der Waals surface area contributed by atoms with Crippen molar-refractivity contribution in [3.8, 4) is 5.75 Å². The Kier molecular flexibility index (Phi) is 5.21. The summed E-state index contributed by atoms with van der Waals surface area (Å²) in [4.78, 5) is 10.9. The number of carbonyl (C=O) groups is 1. The third-order valence-electron chi connectivity index (χ3n) is 3.49. The monoisotopic (exact) mass is 263 g/mol. The maximum absolute atomic E-state index is 10.9. The van der Waals surface area contributed by atoms with Crippen molar-refractivity contribution >= 4 is 5.97 Å². The number of rotatable bonds is 6. The van der Waals surface area contributed by atoms with Crippen LogP contribution in [0.4, 0.5) is 0 Å². The minimum atomic E-state index is -0.731. The van der Waals surface area contributed by atoms with Gasteiger partial charge in [-0.05, 0) is 44.2 Å². The van der Waals surface area contributed by atoms with Crippen LogP contribution in [0.2, 0.25) is 0 Å². The Labute approximate surface area is 113 Å². The lowest BCUT2D eigenvalue weighted by atomic mass is 9.96. The van der Waals surface area contributed by atoms with E-state index in [1.165, 1.54) is 0 Å². The lowest BCUT2D eigenvalue weighted by Gasteiger charge is -2.28. The van der Waals surface area contributed by atoms with Gasteiger partial charge in [-0.1, -0.05) is 18.2 Å². The van der Waals surface area contributed by atoms with Crippen LogP contribution in [0.5, 0.6) is 5.75 Å². The first-order valence-electron chi connectivity index (χ1n) is 6.92. The number of ether oxygens (including phenoxy) is 1. The number of carboxylic acid groups (broad SMARTS) is 1. The molecule has 2 rings (SSSR count). The molecule has 0 spiro atoms. The van der Waals surface area contributed by atoms with Crippen LogP contribution in [0.25, 0.3) is 0 Å². The fourth-order valence-corrected chi connectivity index (χ4v) is 2.48. The number of nitrogens with one attached hydrogen (secondary N) is 1. The Morgan fingerprint density at radius 2 is 2.11 bits per heavy atom. The minimum Gasteiger partial charge on any atom is -0.494 e. The van der Waals surface area contributed by atoms with Gasteiger partial charge in [0.1, 0.15) is 11.8 Å². The molecule has 104 valence electrons. The average molecular weight is 263 g/mol. The second kappa shape index (κ2) is 7.14. The average Bonchev–Trinajstić information content (AvgIpc) is 2.45. The van der Waals surface area contributed by atoms with Gasteiger partial charge in [-0.3, -0.25) is 4.79 Å². The Bertz CT molecular complexity index is 394. The second-order valence-electron chi connectivity index (χ2n) is 4.99. The molecule has 1 aliphatic heterocycles. The van der Waals surface area contributed by atoms with E-state index in [9.17, 15) is 4.79 Å². The molecule has 0 saturated carbocycles. The van der Waals surface area contributed by atoms with E-state index in [1.54, 1.807) is 0 Å². The van der Waals surface area contributed by atoms with Crippen LogP contribution in [0.3, 0.4) is 0 Å². The Hall–Kier alpha value is -1.55. The summed E-state index contributed by atoms with van der Waals surface area (Å²) < 4.78 is 5.63. The van der Waals surface area contributed by atoms with Gasteiger partial charge in [0.05, 0.1) is 6.61 Å². The lowest BCUT2D eigenvalue weighted by Crippen LogP contribution is -2.46. The van der Waals surface area contributed by atoms with Gasteiger partial charge in [0.25, 0.3) is 0 Å². The van der Waals surface area contributed by atoms with E-state index in [0.29, 0.717) is 12.6 Å². The zero-order valence-corrected chi connectivity index (χ0v) is 11.0. The molecule has 4 heteroatoms. The van der Waals surface area contributed by atoms with Crippen LogP contribution in [-0.2, 0) is 4.79 Å². The molecule has 2 N–H and O–H groups in total. The number of hydrogen-bond donors (Lipinski definition) is 2. The maximum atomic E-state index is 10.9. The highest BCUT2D eigenvalue weighted by Crippen LogP contribution is 2.17. The quantitative estimate of drug-likeness (QED) is 0.774. The lowest BCUT2D eigenvalue weighted by molar-refractivity contribution is -0.140. The standard InChI is InChI=1S/C15H21NO3/c17-15(18)14-10-4-6-12(16-14)7-5-11-19-13-8-2-1-3-9-13/h1-3,8-9,12,14,16H,4-7,10-11H2,(H,17,18). The summed E-state index contributed by atoms with van der Waals surface area (Å²) >= 11 is 0. The van der Waals surface area contributed by atoms with Gasteiger partial charge in [0, 0.05) is 6.04 Å². The van der Waals surface area contributed by atoms with Crippen molar-refractivity contribution in [2.75, 3.05) is 6.61 Å². The van der Waals surface area contributed by atoms with E-state index in [4.69, 9.17) is 9.84 Å². The molecule has 1 aliphatic rings. The summed E-state index contributed by atoms with van der Waals surface area (Å²) in [6.45, 7) is 0.680. The summed E-state index contributed by atoms with van der Waals surface area (Å²) in [6.07, 6.45) is 4.71. The van der Waals surface area contributed by atoms with Crippen LogP contribution in [0, 0.1) is 0 Å². The minimum absolute atomic E-state index is 0.314. The summed E-state index contributed by atoms with van der Waals surface area (Å²) in [7, 11) is 0. The molecule has 0 aromatic heterocycles. The summed E-state index contributed by atoms with van der Waals surface area (Å²) in [5.41, 5.74) is 0. The molecule has 1 aromatic carbocycles. The van der Waals surface area contributed by atoms with Crippen LogP contribution < -0.4 is 10.1 Å². The van der Waals surface area contributed by atoms with Crippen molar-refractivity contribution in [1.82, 2.24) is 5.32 Å². The first-order valence-corrected chi connectivity index (χ1v) is 6.92. The number of para-hydroxylation sites is 1. The first kappa shape index (κ1) is 13.9. The van der Waals surface area contributed by atoms with E-state index in [0.717, 1.165) is 37.9 Å². The topological polar surface area (TPSA) is 58.6 Å². The fourth-order valence-electron chi connectivity index (χ4n) is 2.48. The van der Waals surface area contributed by atoms with E-state index in [-0.39, 0.29) is 6.04 Å². The number of benzene rings is 1. The molecule has 0 bridgehead atoms. The van der Waals surface area contributed by atoms with Gasteiger partial charge in [-0.15, -0.1) is 0 Å². The second-order valence-corrected chi connectivity index (χ2v) is 4.99. The summed E-state index contributed by atoms with van der Waals surface area (Å²) in [6, 6.07) is 9.71. The van der Waals surface area contributed by atoms with Crippen LogP contribution in [-0.4, -0.2) is 29.8 Å². The highest BCUT2D eigenvalue weighted by molar-refractivity contribution is 5.73. The first-order chi connectivity index (χ1) is 9.25. The predicted molar refractivity (Wildman–Crippen MR) is 73.4 cm³/mol. The van der Waals surface area contributed by atoms with E-state index >= 15 is 0 Å². The molecule has 4 nitrogen and oxygen atoms in total.